The van der Waals surface area contributed by atoms with Crippen LogP contribution in [0.1, 0.15) is 11.5 Å². The first-order chi connectivity index (χ1) is 11.5. The van der Waals surface area contributed by atoms with E-state index in [-0.39, 0.29) is 28.7 Å². The van der Waals surface area contributed by atoms with Gasteiger partial charge in [0.25, 0.3) is 10.0 Å². The van der Waals surface area contributed by atoms with E-state index in [0.29, 0.717) is 11.5 Å². The second kappa shape index (κ2) is 5.82. The van der Waals surface area contributed by atoms with E-state index in [0.717, 1.165) is 5.56 Å². The molecule has 1 saturated heterocycles. The molecule has 1 aromatic carbocycles. The van der Waals surface area contributed by atoms with E-state index in [4.69, 9.17) is 17.3 Å². The molecular formula is C15H15ClN4O2S2. The van der Waals surface area contributed by atoms with Crippen molar-refractivity contribution in [1.82, 2.24) is 13.7 Å². The fourth-order valence-corrected chi connectivity index (χ4v) is 6.04. The number of fused-ring (bicyclic) bond motifs is 1. The minimum Gasteiger partial charge on any atom is -0.326 e. The molecule has 2 atom stereocenters. The lowest BCUT2D eigenvalue weighted by atomic mass is 9.95. The Balaban J connectivity index is 1.71. The number of aromatic nitrogens is 2. The van der Waals surface area contributed by atoms with Gasteiger partial charge in [-0.1, -0.05) is 41.9 Å². The lowest BCUT2D eigenvalue weighted by Gasteiger charge is -2.16. The zero-order valence-electron chi connectivity index (χ0n) is 12.5. The highest BCUT2D eigenvalue weighted by atomic mass is 35.5. The van der Waals surface area contributed by atoms with Crippen LogP contribution in [0.25, 0.3) is 4.96 Å². The lowest BCUT2D eigenvalue weighted by molar-refractivity contribution is 0.466. The van der Waals surface area contributed by atoms with Gasteiger partial charge in [-0.3, -0.25) is 4.40 Å². The van der Waals surface area contributed by atoms with Crippen LogP contribution in [0, 0.1) is 0 Å². The van der Waals surface area contributed by atoms with E-state index >= 15 is 0 Å². The number of rotatable bonds is 3. The number of nitrogens with two attached hydrogens (primary N) is 1. The standard InChI is InChI=1S/C15H15ClN4O2S2/c16-13-14(20-6-7-23-15(20)18-13)24(21,22)19-8-11(12(17)9-19)10-4-2-1-3-5-10/h1-7,11-12H,8-9,17H2/t11-,12+/m0/s1. The average Bonchev–Trinajstić information content (AvgIpc) is 3.22. The Hall–Kier alpha value is -1.45. The molecule has 1 aliphatic heterocycles. The number of hydrogen-bond acceptors (Lipinski definition) is 5. The molecule has 0 saturated carbocycles. The van der Waals surface area contributed by atoms with Gasteiger partial charge >= 0.3 is 0 Å². The summed E-state index contributed by atoms with van der Waals surface area (Å²) in [5.74, 6) is -0.0364. The second-order valence-electron chi connectivity index (χ2n) is 5.77. The maximum absolute atomic E-state index is 13.1. The van der Waals surface area contributed by atoms with Crippen molar-refractivity contribution in [3.8, 4) is 0 Å². The van der Waals surface area contributed by atoms with Crippen molar-refractivity contribution in [3.05, 3.63) is 52.6 Å². The van der Waals surface area contributed by atoms with Crippen LogP contribution in [0.4, 0.5) is 0 Å². The second-order valence-corrected chi connectivity index (χ2v) is 8.85. The van der Waals surface area contributed by atoms with Gasteiger partial charge < -0.3 is 5.73 Å². The number of sulfonamides is 1. The zero-order valence-corrected chi connectivity index (χ0v) is 14.9. The summed E-state index contributed by atoms with van der Waals surface area (Å²) in [5.41, 5.74) is 7.27. The molecule has 4 rings (SSSR count). The summed E-state index contributed by atoms with van der Waals surface area (Å²) in [6.45, 7) is 0.594. The first kappa shape index (κ1) is 16.0. The molecule has 0 aliphatic carbocycles. The summed E-state index contributed by atoms with van der Waals surface area (Å²) in [4.78, 5) is 4.67. The highest BCUT2D eigenvalue weighted by Gasteiger charge is 2.40. The summed E-state index contributed by atoms with van der Waals surface area (Å²) in [6, 6.07) is 9.49. The van der Waals surface area contributed by atoms with E-state index < -0.39 is 10.0 Å². The Morgan fingerprint density at radius 2 is 2.00 bits per heavy atom. The highest BCUT2D eigenvalue weighted by molar-refractivity contribution is 7.89. The van der Waals surface area contributed by atoms with Crippen molar-refractivity contribution >= 4 is 37.9 Å². The minimum absolute atomic E-state index is 0.00131. The summed E-state index contributed by atoms with van der Waals surface area (Å²) in [6.07, 6.45) is 1.66. The van der Waals surface area contributed by atoms with Crippen LogP contribution in [-0.4, -0.2) is 41.2 Å². The molecule has 3 heterocycles. The van der Waals surface area contributed by atoms with Crippen molar-refractivity contribution in [3.63, 3.8) is 0 Å². The third-order valence-corrected chi connectivity index (χ3v) is 7.31. The van der Waals surface area contributed by atoms with Gasteiger partial charge in [0.1, 0.15) is 0 Å². The molecule has 0 spiro atoms. The van der Waals surface area contributed by atoms with Gasteiger partial charge in [0.2, 0.25) is 0 Å². The van der Waals surface area contributed by atoms with Crippen LogP contribution in [-0.2, 0) is 10.0 Å². The van der Waals surface area contributed by atoms with Crippen molar-refractivity contribution in [2.24, 2.45) is 5.73 Å². The smallest absolute Gasteiger partial charge is 0.262 e. The third-order valence-electron chi connectivity index (χ3n) is 4.32. The average molecular weight is 383 g/mol. The summed E-state index contributed by atoms with van der Waals surface area (Å²) in [5, 5.41) is 1.79. The fraction of sp³-hybridized carbons (Fsp3) is 0.267. The van der Waals surface area contributed by atoms with Crippen LogP contribution in [0.15, 0.2) is 46.9 Å². The van der Waals surface area contributed by atoms with Gasteiger partial charge in [0, 0.05) is 36.6 Å². The normalized spacial score (nSPS) is 22.4. The molecular weight excluding hydrogens is 368 g/mol. The molecule has 1 fully saturated rings. The summed E-state index contributed by atoms with van der Waals surface area (Å²) >= 11 is 7.44. The first-order valence-electron chi connectivity index (χ1n) is 7.40. The largest absolute Gasteiger partial charge is 0.326 e. The molecule has 0 unspecified atom stereocenters. The van der Waals surface area contributed by atoms with E-state index in [1.807, 2.05) is 30.3 Å². The lowest BCUT2D eigenvalue weighted by Crippen LogP contribution is -2.33. The maximum atomic E-state index is 13.1. The zero-order chi connectivity index (χ0) is 16.9. The minimum atomic E-state index is -3.77. The number of nitrogens with zero attached hydrogens (tertiary/aromatic N) is 3. The van der Waals surface area contributed by atoms with Gasteiger partial charge in [-0.05, 0) is 5.56 Å². The van der Waals surface area contributed by atoms with Gasteiger partial charge in [0.15, 0.2) is 15.1 Å². The number of hydrogen-bond donors (Lipinski definition) is 1. The number of imidazole rings is 1. The Labute approximate surface area is 148 Å². The number of benzene rings is 1. The summed E-state index contributed by atoms with van der Waals surface area (Å²) < 4.78 is 29.1. The maximum Gasteiger partial charge on any atom is 0.262 e. The fourth-order valence-electron chi connectivity index (χ4n) is 3.13. The molecule has 2 aromatic heterocycles. The monoisotopic (exact) mass is 382 g/mol. The molecule has 9 heteroatoms. The van der Waals surface area contributed by atoms with E-state index in [1.54, 1.807) is 11.6 Å². The Kier molecular flexibility index (Phi) is 3.89. The molecule has 1 aliphatic rings. The Morgan fingerprint density at radius 3 is 2.75 bits per heavy atom. The molecule has 126 valence electrons. The highest BCUT2D eigenvalue weighted by Crippen LogP contribution is 2.33. The van der Waals surface area contributed by atoms with E-state index in [9.17, 15) is 8.42 Å². The Morgan fingerprint density at radius 1 is 1.25 bits per heavy atom. The van der Waals surface area contributed by atoms with Crippen molar-refractivity contribution in [2.45, 2.75) is 17.0 Å². The quantitative estimate of drug-likeness (QED) is 0.752. The Bertz CT molecular complexity index is 984. The molecule has 0 radical (unpaired) electrons. The van der Waals surface area contributed by atoms with Crippen molar-refractivity contribution in [2.75, 3.05) is 13.1 Å². The number of halogens is 1. The molecule has 0 bridgehead atoms. The van der Waals surface area contributed by atoms with Gasteiger partial charge in [-0.2, -0.15) is 4.31 Å². The van der Waals surface area contributed by atoms with Crippen LogP contribution in [0.2, 0.25) is 5.15 Å². The van der Waals surface area contributed by atoms with Gasteiger partial charge in [-0.15, -0.1) is 11.3 Å². The van der Waals surface area contributed by atoms with Crippen LogP contribution in [0.3, 0.4) is 0 Å². The third kappa shape index (κ3) is 2.46. The van der Waals surface area contributed by atoms with Crippen LogP contribution in [0.5, 0.6) is 0 Å². The van der Waals surface area contributed by atoms with Gasteiger partial charge in [-0.25, -0.2) is 13.4 Å². The topological polar surface area (TPSA) is 80.7 Å². The molecule has 2 N–H and O–H groups in total. The molecule has 6 nitrogen and oxygen atoms in total. The molecule has 24 heavy (non-hydrogen) atoms. The van der Waals surface area contributed by atoms with Crippen molar-refractivity contribution < 1.29 is 8.42 Å². The molecule has 3 aromatic rings. The molecule has 0 amide bonds. The van der Waals surface area contributed by atoms with E-state index in [2.05, 4.69) is 4.98 Å². The summed E-state index contributed by atoms with van der Waals surface area (Å²) in [7, 11) is -3.77. The van der Waals surface area contributed by atoms with Gasteiger partial charge in [0.05, 0.1) is 0 Å². The van der Waals surface area contributed by atoms with Crippen LogP contribution >= 0.6 is 22.9 Å². The number of thiazole rings is 1. The predicted octanol–water partition coefficient (Wildman–Crippen LogP) is 2.16. The van der Waals surface area contributed by atoms with E-state index in [1.165, 1.54) is 20.0 Å². The SMILES string of the molecule is N[C@@H]1CN(S(=O)(=O)c2c(Cl)nc3sccn23)C[C@H]1c1ccccc1. The first-order valence-corrected chi connectivity index (χ1v) is 10.1. The van der Waals surface area contributed by atoms with Crippen LogP contribution < -0.4 is 5.73 Å². The predicted molar refractivity (Wildman–Crippen MR) is 94.0 cm³/mol. The van der Waals surface area contributed by atoms with Crippen molar-refractivity contribution in [1.29, 1.82) is 0 Å².